The van der Waals surface area contributed by atoms with Crippen molar-refractivity contribution in [3.05, 3.63) is 53.7 Å². The summed E-state index contributed by atoms with van der Waals surface area (Å²) in [7, 11) is 0. The molecular formula is C21H25N3O. The van der Waals surface area contributed by atoms with E-state index >= 15 is 0 Å². The van der Waals surface area contributed by atoms with Gasteiger partial charge in [-0.3, -0.25) is 4.79 Å². The van der Waals surface area contributed by atoms with Gasteiger partial charge in [-0.25, -0.2) is 4.98 Å². The van der Waals surface area contributed by atoms with Crippen molar-refractivity contribution in [1.29, 1.82) is 0 Å². The SMILES string of the molecule is CC1CCCN(C(=O)c2ccnc(N3c4ccccc4CC3C)c2)C1. The van der Waals surface area contributed by atoms with Gasteiger partial charge in [0.05, 0.1) is 0 Å². The van der Waals surface area contributed by atoms with E-state index in [2.05, 4.69) is 48.0 Å². The second kappa shape index (κ2) is 6.51. The summed E-state index contributed by atoms with van der Waals surface area (Å²) in [6, 6.07) is 12.6. The molecule has 0 radical (unpaired) electrons. The fraction of sp³-hybridized carbons (Fsp3) is 0.429. The predicted octanol–water partition coefficient (Wildman–Crippen LogP) is 4.04. The number of hydrogen-bond donors (Lipinski definition) is 0. The maximum Gasteiger partial charge on any atom is 0.254 e. The number of hydrogen-bond acceptors (Lipinski definition) is 3. The van der Waals surface area contributed by atoms with Crippen LogP contribution in [0.2, 0.25) is 0 Å². The molecule has 130 valence electrons. The van der Waals surface area contributed by atoms with Gasteiger partial charge < -0.3 is 9.80 Å². The summed E-state index contributed by atoms with van der Waals surface area (Å²) >= 11 is 0. The summed E-state index contributed by atoms with van der Waals surface area (Å²) < 4.78 is 0. The average Bonchev–Trinajstić information content (AvgIpc) is 2.97. The van der Waals surface area contributed by atoms with Gasteiger partial charge in [-0.2, -0.15) is 0 Å². The minimum atomic E-state index is 0.135. The Morgan fingerprint density at radius 3 is 2.88 bits per heavy atom. The number of rotatable bonds is 2. The van der Waals surface area contributed by atoms with Gasteiger partial charge in [0.1, 0.15) is 5.82 Å². The van der Waals surface area contributed by atoms with E-state index < -0.39 is 0 Å². The molecule has 3 heterocycles. The van der Waals surface area contributed by atoms with Crippen LogP contribution in [-0.2, 0) is 6.42 Å². The Bertz CT molecular complexity index is 788. The zero-order valence-electron chi connectivity index (χ0n) is 15.0. The standard InChI is InChI=1S/C21H25N3O/c1-15-6-5-11-23(14-15)21(25)18-9-10-22-20(13-18)24-16(2)12-17-7-3-4-8-19(17)24/h3-4,7-10,13,15-16H,5-6,11-12,14H2,1-2H3. The number of carbonyl (C=O) groups excluding carboxylic acids is 1. The van der Waals surface area contributed by atoms with Crippen LogP contribution in [0.25, 0.3) is 0 Å². The molecule has 1 aromatic heterocycles. The third-order valence-corrected chi connectivity index (χ3v) is 5.39. The fourth-order valence-corrected chi connectivity index (χ4v) is 4.15. The molecule has 2 unspecified atom stereocenters. The van der Waals surface area contributed by atoms with Crippen molar-refractivity contribution in [2.45, 2.75) is 39.2 Å². The third kappa shape index (κ3) is 3.01. The minimum Gasteiger partial charge on any atom is -0.338 e. The molecule has 0 spiro atoms. The molecule has 1 aromatic carbocycles. The van der Waals surface area contributed by atoms with E-state index in [9.17, 15) is 4.79 Å². The molecule has 0 aliphatic carbocycles. The molecule has 2 aromatic rings. The van der Waals surface area contributed by atoms with Gasteiger partial charge in [0.2, 0.25) is 0 Å². The Labute approximate surface area is 149 Å². The van der Waals surface area contributed by atoms with E-state index in [1.54, 1.807) is 6.20 Å². The first-order valence-corrected chi connectivity index (χ1v) is 9.26. The number of amides is 1. The second-order valence-corrected chi connectivity index (χ2v) is 7.45. The van der Waals surface area contributed by atoms with Gasteiger partial charge in [0.15, 0.2) is 0 Å². The topological polar surface area (TPSA) is 36.4 Å². The normalized spacial score (nSPS) is 22.8. The van der Waals surface area contributed by atoms with E-state index in [-0.39, 0.29) is 5.91 Å². The maximum atomic E-state index is 12.9. The summed E-state index contributed by atoms with van der Waals surface area (Å²) in [5.41, 5.74) is 3.30. The highest BCUT2D eigenvalue weighted by molar-refractivity contribution is 5.95. The molecule has 4 heteroatoms. The first-order chi connectivity index (χ1) is 12.1. The molecule has 4 nitrogen and oxygen atoms in total. The number of pyridine rings is 1. The van der Waals surface area contributed by atoms with Crippen molar-refractivity contribution in [2.75, 3.05) is 18.0 Å². The fourth-order valence-electron chi connectivity index (χ4n) is 4.15. The second-order valence-electron chi connectivity index (χ2n) is 7.45. The Balaban J connectivity index is 1.63. The van der Waals surface area contributed by atoms with Crippen molar-refractivity contribution in [3.63, 3.8) is 0 Å². The molecule has 0 N–H and O–H groups in total. The van der Waals surface area contributed by atoms with Crippen molar-refractivity contribution >= 4 is 17.4 Å². The van der Waals surface area contributed by atoms with E-state index in [1.807, 2.05) is 17.0 Å². The number of benzene rings is 1. The van der Waals surface area contributed by atoms with Crippen LogP contribution in [0.15, 0.2) is 42.6 Å². The highest BCUT2D eigenvalue weighted by Gasteiger charge is 2.29. The van der Waals surface area contributed by atoms with Crippen LogP contribution in [-0.4, -0.2) is 34.9 Å². The molecule has 2 atom stereocenters. The molecule has 0 saturated carbocycles. The number of carbonyl (C=O) groups is 1. The number of anilines is 2. The lowest BCUT2D eigenvalue weighted by Gasteiger charge is -2.31. The van der Waals surface area contributed by atoms with Gasteiger partial charge >= 0.3 is 0 Å². The molecule has 1 amide bonds. The van der Waals surface area contributed by atoms with Gasteiger partial charge in [0, 0.05) is 36.6 Å². The van der Waals surface area contributed by atoms with Crippen LogP contribution in [0, 0.1) is 5.92 Å². The molecule has 0 bridgehead atoms. The molecule has 1 fully saturated rings. The average molecular weight is 335 g/mol. The van der Waals surface area contributed by atoms with Crippen LogP contribution >= 0.6 is 0 Å². The molecular weight excluding hydrogens is 310 g/mol. The predicted molar refractivity (Wildman–Crippen MR) is 100 cm³/mol. The lowest BCUT2D eigenvalue weighted by molar-refractivity contribution is 0.0683. The van der Waals surface area contributed by atoms with Crippen LogP contribution in [0.3, 0.4) is 0 Å². The number of aromatic nitrogens is 1. The Kier molecular flexibility index (Phi) is 4.20. The van der Waals surface area contributed by atoms with Crippen LogP contribution in [0.1, 0.15) is 42.6 Å². The molecule has 25 heavy (non-hydrogen) atoms. The first kappa shape index (κ1) is 16.1. The monoisotopic (exact) mass is 335 g/mol. The highest BCUT2D eigenvalue weighted by Crippen LogP contribution is 2.37. The van der Waals surface area contributed by atoms with E-state index in [0.717, 1.165) is 37.3 Å². The first-order valence-electron chi connectivity index (χ1n) is 9.26. The molecule has 4 rings (SSSR count). The summed E-state index contributed by atoms with van der Waals surface area (Å²) in [5, 5.41) is 0. The summed E-state index contributed by atoms with van der Waals surface area (Å²) in [5.74, 6) is 1.59. The van der Waals surface area contributed by atoms with E-state index in [4.69, 9.17) is 0 Å². The van der Waals surface area contributed by atoms with Crippen LogP contribution in [0.4, 0.5) is 11.5 Å². The van der Waals surface area contributed by atoms with Crippen molar-refractivity contribution < 1.29 is 4.79 Å². The number of nitrogens with zero attached hydrogens (tertiary/aromatic N) is 3. The Morgan fingerprint density at radius 1 is 1.20 bits per heavy atom. The lowest BCUT2D eigenvalue weighted by atomic mass is 9.99. The van der Waals surface area contributed by atoms with Gasteiger partial charge in [-0.05, 0) is 55.9 Å². The largest absolute Gasteiger partial charge is 0.338 e. The Hall–Kier alpha value is -2.36. The van der Waals surface area contributed by atoms with E-state index in [1.165, 1.54) is 17.7 Å². The number of fused-ring (bicyclic) bond motifs is 1. The van der Waals surface area contributed by atoms with Crippen LogP contribution in [0.5, 0.6) is 0 Å². The number of piperidine rings is 1. The zero-order valence-corrected chi connectivity index (χ0v) is 15.0. The van der Waals surface area contributed by atoms with Crippen molar-refractivity contribution in [1.82, 2.24) is 9.88 Å². The Morgan fingerprint density at radius 2 is 2.04 bits per heavy atom. The maximum absolute atomic E-state index is 12.9. The molecule has 2 aliphatic heterocycles. The summed E-state index contributed by atoms with van der Waals surface area (Å²) in [4.78, 5) is 21.7. The smallest absolute Gasteiger partial charge is 0.254 e. The van der Waals surface area contributed by atoms with Crippen molar-refractivity contribution in [3.8, 4) is 0 Å². The van der Waals surface area contributed by atoms with Gasteiger partial charge in [0.25, 0.3) is 5.91 Å². The minimum absolute atomic E-state index is 0.135. The molecule has 2 aliphatic rings. The van der Waals surface area contributed by atoms with E-state index in [0.29, 0.717) is 12.0 Å². The molecule has 1 saturated heterocycles. The van der Waals surface area contributed by atoms with Crippen LogP contribution < -0.4 is 4.90 Å². The third-order valence-electron chi connectivity index (χ3n) is 5.39. The van der Waals surface area contributed by atoms with Gasteiger partial charge in [-0.15, -0.1) is 0 Å². The number of likely N-dealkylation sites (tertiary alicyclic amines) is 1. The summed E-state index contributed by atoms with van der Waals surface area (Å²) in [6.45, 7) is 6.16. The van der Waals surface area contributed by atoms with Crippen molar-refractivity contribution in [2.24, 2.45) is 5.92 Å². The highest BCUT2D eigenvalue weighted by atomic mass is 16.2. The van der Waals surface area contributed by atoms with Gasteiger partial charge in [-0.1, -0.05) is 25.1 Å². The zero-order chi connectivity index (χ0) is 17.4. The number of para-hydroxylation sites is 1. The quantitative estimate of drug-likeness (QED) is 0.831. The lowest BCUT2D eigenvalue weighted by Crippen LogP contribution is -2.39. The summed E-state index contributed by atoms with van der Waals surface area (Å²) in [6.07, 6.45) is 5.10.